The molecule has 4 nitrogen and oxygen atoms in total. The van der Waals surface area contributed by atoms with Crippen molar-refractivity contribution in [2.75, 3.05) is 19.6 Å². The minimum absolute atomic E-state index is 0.431. The van der Waals surface area contributed by atoms with Crippen molar-refractivity contribution in [3.05, 3.63) is 10.6 Å². The highest BCUT2D eigenvalue weighted by atomic mass is 79.9. The molecule has 0 spiro atoms. The molecule has 0 radical (unpaired) electrons. The van der Waals surface area contributed by atoms with Crippen LogP contribution in [-0.2, 0) is 10.2 Å². The molecule has 76 valence electrons. The molecule has 0 aromatic heterocycles. The van der Waals surface area contributed by atoms with E-state index in [9.17, 15) is 8.42 Å². The SMILES string of the molecule is CCNS(=O)(=O)N1CCC=C(Br)C1. The van der Waals surface area contributed by atoms with Gasteiger partial charge in [-0.2, -0.15) is 12.7 Å². The number of hydrogen-bond acceptors (Lipinski definition) is 2. The minimum Gasteiger partial charge on any atom is -0.202 e. The number of nitrogens with one attached hydrogen (secondary N) is 1. The van der Waals surface area contributed by atoms with Crippen molar-refractivity contribution in [3.63, 3.8) is 0 Å². The van der Waals surface area contributed by atoms with Gasteiger partial charge in [-0.3, -0.25) is 0 Å². The summed E-state index contributed by atoms with van der Waals surface area (Å²) in [6, 6.07) is 0. The van der Waals surface area contributed by atoms with Crippen molar-refractivity contribution in [1.29, 1.82) is 0 Å². The van der Waals surface area contributed by atoms with Gasteiger partial charge in [0.1, 0.15) is 0 Å². The summed E-state index contributed by atoms with van der Waals surface area (Å²) in [5.41, 5.74) is 0. The van der Waals surface area contributed by atoms with Gasteiger partial charge in [-0.25, -0.2) is 4.72 Å². The minimum atomic E-state index is -3.25. The second kappa shape index (κ2) is 4.54. The van der Waals surface area contributed by atoms with Crippen LogP contribution < -0.4 is 4.72 Å². The van der Waals surface area contributed by atoms with Gasteiger partial charge in [0.2, 0.25) is 0 Å². The molecule has 1 aliphatic rings. The van der Waals surface area contributed by atoms with Gasteiger partial charge in [-0.05, 0) is 6.42 Å². The van der Waals surface area contributed by atoms with E-state index < -0.39 is 10.2 Å². The highest BCUT2D eigenvalue weighted by Crippen LogP contribution is 2.16. The van der Waals surface area contributed by atoms with Crippen LogP contribution in [0.2, 0.25) is 0 Å². The van der Waals surface area contributed by atoms with Gasteiger partial charge in [-0.15, -0.1) is 0 Å². The van der Waals surface area contributed by atoms with Crippen LogP contribution in [0, 0.1) is 0 Å². The molecule has 0 fully saturated rings. The predicted octanol–water partition coefficient (Wildman–Crippen LogP) is 0.825. The summed E-state index contributed by atoms with van der Waals surface area (Å²) < 4.78 is 27.8. The van der Waals surface area contributed by atoms with E-state index in [0.29, 0.717) is 19.6 Å². The fourth-order valence-electron chi connectivity index (χ4n) is 1.16. The first-order valence-electron chi connectivity index (χ1n) is 4.15. The molecule has 6 heteroatoms. The maximum absolute atomic E-state index is 11.5. The molecule has 0 atom stereocenters. The molecule has 13 heavy (non-hydrogen) atoms. The van der Waals surface area contributed by atoms with Crippen LogP contribution in [0.3, 0.4) is 0 Å². The first kappa shape index (κ1) is 11.2. The average Bonchev–Trinajstić information content (AvgIpc) is 2.04. The molecule has 1 rings (SSSR count). The van der Waals surface area contributed by atoms with Crippen molar-refractivity contribution in [2.24, 2.45) is 0 Å². The van der Waals surface area contributed by atoms with Crippen molar-refractivity contribution in [1.82, 2.24) is 9.03 Å². The Labute approximate surface area is 87.3 Å². The second-order valence-electron chi connectivity index (χ2n) is 2.78. The van der Waals surface area contributed by atoms with E-state index in [0.717, 1.165) is 10.9 Å². The van der Waals surface area contributed by atoms with Crippen LogP contribution in [0.25, 0.3) is 0 Å². The molecule has 0 unspecified atom stereocenters. The normalized spacial score (nSPS) is 20.0. The Bertz CT molecular complexity index is 300. The fourth-order valence-corrected chi connectivity index (χ4v) is 3.06. The summed E-state index contributed by atoms with van der Waals surface area (Å²) in [5.74, 6) is 0. The first-order chi connectivity index (χ1) is 6.06. The summed E-state index contributed by atoms with van der Waals surface area (Å²) in [6.07, 6.45) is 2.77. The zero-order chi connectivity index (χ0) is 9.90. The Kier molecular flexibility index (Phi) is 3.90. The Balaban J connectivity index is 2.68. The largest absolute Gasteiger partial charge is 0.279 e. The monoisotopic (exact) mass is 268 g/mol. The predicted molar refractivity (Wildman–Crippen MR) is 55.8 cm³/mol. The fraction of sp³-hybridized carbons (Fsp3) is 0.714. The molecule has 1 heterocycles. The van der Waals surface area contributed by atoms with Crippen LogP contribution in [0.1, 0.15) is 13.3 Å². The van der Waals surface area contributed by atoms with Crippen LogP contribution in [-0.4, -0.2) is 32.4 Å². The molecule has 0 aromatic carbocycles. The van der Waals surface area contributed by atoms with Crippen LogP contribution in [0.5, 0.6) is 0 Å². The summed E-state index contributed by atoms with van der Waals surface area (Å²) in [6.45, 7) is 3.20. The third-order valence-corrected chi connectivity index (χ3v) is 3.96. The van der Waals surface area contributed by atoms with Gasteiger partial charge in [0.25, 0.3) is 10.2 Å². The quantitative estimate of drug-likeness (QED) is 0.824. The standard InChI is InChI=1S/C7H13BrN2O2S/c1-2-9-13(11,12)10-5-3-4-7(8)6-10/h4,9H,2-3,5-6H2,1H3. The lowest BCUT2D eigenvalue weighted by Gasteiger charge is -2.24. The lowest BCUT2D eigenvalue weighted by atomic mass is 10.3. The van der Waals surface area contributed by atoms with Gasteiger partial charge in [0, 0.05) is 24.1 Å². The van der Waals surface area contributed by atoms with E-state index in [4.69, 9.17) is 0 Å². The van der Waals surface area contributed by atoms with Gasteiger partial charge < -0.3 is 0 Å². The van der Waals surface area contributed by atoms with Crippen molar-refractivity contribution < 1.29 is 8.42 Å². The molecular formula is C7H13BrN2O2S. The van der Waals surface area contributed by atoms with E-state index >= 15 is 0 Å². The van der Waals surface area contributed by atoms with Gasteiger partial charge >= 0.3 is 0 Å². The van der Waals surface area contributed by atoms with Gasteiger partial charge in [-0.1, -0.05) is 28.9 Å². The number of nitrogens with zero attached hydrogens (tertiary/aromatic N) is 1. The summed E-state index contributed by atoms with van der Waals surface area (Å²) in [5, 5.41) is 0. The molecule has 1 aliphatic heterocycles. The second-order valence-corrected chi connectivity index (χ2v) is 5.55. The summed E-state index contributed by atoms with van der Waals surface area (Å²) in [4.78, 5) is 0. The zero-order valence-corrected chi connectivity index (χ0v) is 9.86. The van der Waals surface area contributed by atoms with Crippen molar-refractivity contribution in [2.45, 2.75) is 13.3 Å². The summed E-state index contributed by atoms with van der Waals surface area (Å²) in [7, 11) is -3.25. The van der Waals surface area contributed by atoms with Crippen molar-refractivity contribution in [3.8, 4) is 0 Å². The number of rotatable bonds is 3. The maximum atomic E-state index is 11.5. The Morgan fingerprint density at radius 1 is 1.69 bits per heavy atom. The van der Waals surface area contributed by atoms with Crippen molar-refractivity contribution >= 4 is 26.1 Å². The maximum Gasteiger partial charge on any atom is 0.279 e. The van der Waals surface area contributed by atoms with E-state index in [2.05, 4.69) is 20.7 Å². The van der Waals surface area contributed by atoms with E-state index in [-0.39, 0.29) is 0 Å². The molecule has 0 bridgehead atoms. The molecule has 0 amide bonds. The first-order valence-corrected chi connectivity index (χ1v) is 6.39. The lowest BCUT2D eigenvalue weighted by Crippen LogP contribution is -2.42. The highest BCUT2D eigenvalue weighted by molar-refractivity contribution is 9.11. The Morgan fingerprint density at radius 3 is 2.92 bits per heavy atom. The third-order valence-electron chi connectivity index (χ3n) is 1.74. The number of hydrogen-bond donors (Lipinski definition) is 1. The Morgan fingerprint density at radius 2 is 2.38 bits per heavy atom. The lowest BCUT2D eigenvalue weighted by molar-refractivity contribution is 0.427. The van der Waals surface area contributed by atoms with Gasteiger partial charge in [0.15, 0.2) is 0 Å². The smallest absolute Gasteiger partial charge is 0.202 e. The van der Waals surface area contributed by atoms with Gasteiger partial charge in [0.05, 0.1) is 0 Å². The van der Waals surface area contributed by atoms with Crippen LogP contribution in [0.15, 0.2) is 10.6 Å². The molecule has 0 saturated carbocycles. The molecule has 0 aromatic rings. The molecular weight excluding hydrogens is 256 g/mol. The van der Waals surface area contributed by atoms with E-state index in [1.54, 1.807) is 6.92 Å². The summed E-state index contributed by atoms with van der Waals surface area (Å²) >= 11 is 3.30. The third kappa shape index (κ3) is 3.05. The van der Waals surface area contributed by atoms with E-state index in [1.807, 2.05) is 6.08 Å². The van der Waals surface area contributed by atoms with Crippen LogP contribution in [0.4, 0.5) is 0 Å². The highest BCUT2D eigenvalue weighted by Gasteiger charge is 2.22. The average molecular weight is 269 g/mol. The molecule has 0 saturated heterocycles. The Hall–Kier alpha value is 0.0900. The topological polar surface area (TPSA) is 49.4 Å². The van der Waals surface area contributed by atoms with E-state index in [1.165, 1.54) is 4.31 Å². The van der Waals surface area contributed by atoms with Crippen LogP contribution >= 0.6 is 15.9 Å². The zero-order valence-electron chi connectivity index (χ0n) is 7.46. The molecule has 1 N–H and O–H groups in total. The number of halogens is 1. The molecule has 0 aliphatic carbocycles.